The van der Waals surface area contributed by atoms with Gasteiger partial charge in [0.05, 0.1) is 22.1 Å². The Morgan fingerprint density at radius 1 is 0.333 bits per heavy atom. The molecule has 4 heterocycles. The average Bonchev–Trinajstić information content (AvgIpc) is 3.87. The third-order valence-corrected chi connectivity index (χ3v) is 10.5. The first kappa shape index (κ1) is 24.7. The molecule has 0 spiro atoms. The second-order valence-electron chi connectivity index (χ2n) is 13.1. The standard InChI is InChI=1S/C44H24N2O2/c1-2-8-25-17-40-34(16-24(25)7-1)36-20-32-30-11-5-10-28(44(30)46-37(32)22-42(36)48-40)26-13-14-29-35-19-33-31-15-12-23-6-3-4-9-27(23)43(31)45-38(33)21-41(35)47-39(29)18-26/h1-22,45-46H. The lowest BCUT2D eigenvalue weighted by Crippen LogP contribution is -1.80. The van der Waals surface area contributed by atoms with E-state index < -0.39 is 0 Å². The monoisotopic (exact) mass is 612 g/mol. The fourth-order valence-electron chi connectivity index (χ4n) is 8.20. The molecule has 0 amide bonds. The van der Waals surface area contributed by atoms with Gasteiger partial charge in [0, 0.05) is 66.2 Å². The Morgan fingerprint density at radius 3 is 1.73 bits per heavy atom. The van der Waals surface area contributed by atoms with Crippen LogP contribution < -0.4 is 0 Å². The van der Waals surface area contributed by atoms with Gasteiger partial charge in [0.15, 0.2) is 0 Å². The van der Waals surface area contributed by atoms with Crippen LogP contribution in [-0.2, 0) is 0 Å². The van der Waals surface area contributed by atoms with Crippen LogP contribution in [0.4, 0.5) is 0 Å². The SMILES string of the molecule is c1ccc2cc3c(cc2c1)oc1cc2[nH]c4c(-c5ccc6c(c5)oc5cc7[nH]c8c9ccccc9ccc8c7cc56)cccc4c2cc13. The summed E-state index contributed by atoms with van der Waals surface area (Å²) in [4.78, 5) is 7.43. The van der Waals surface area contributed by atoms with Crippen molar-refractivity contribution in [3.8, 4) is 11.1 Å². The number of furan rings is 2. The van der Waals surface area contributed by atoms with Crippen LogP contribution in [0.3, 0.4) is 0 Å². The summed E-state index contributed by atoms with van der Waals surface area (Å²) in [6.07, 6.45) is 0. The van der Waals surface area contributed by atoms with Gasteiger partial charge in [-0.15, -0.1) is 0 Å². The minimum Gasteiger partial charge on any atom is -0.456 e. The zero-order valence-corrected chi connectivity index (χ0v) is 25.5. The molecule has 2 N–H and O–H groups in total. The molecule has 4 nitrogen and oxygen atoms in total. The number of para-hydroxylation sites is 1. The zero-order chi connectivity index (χ0) is 31.1. The van der Waals surface area contributed by atoms with Crippen LogP contribution in [0, 0.1) is 0 Å². The first-order valence-electron chi connectivity index (χ1n) is 16.3. The number of rotatable bonds is 1. The van der Waals surface area contributed by atoms with E-state index in [0.717, 1.165) is 71.6 Å². The van der Waals surface area contributed by atoms with Gasteiger partial charge in [-0.3, -0.25) is 0 Å². The van der Waals surface area contributed by atoms with E-state index in [9.17, 15) is 0 Å². The molecule has 0 aliphatic carbocycles. The Balaban J connectivity index is 1.03. The average molecular weight is 613 g/mol. The van der Waals surface area contributed by atoms with Crippen molar-refractivity contribution in [2.45, 2.75) is 0 Å². The van der Waals surface area contributed by atoms with Gasteiger partial charge in [-0.2, -0.15) is 0 Å². The molecule has 12 rings (SSSR count). The summed E-state index contributed by atoms with van der Waals surface area (Å²) in [6, 6.07) is 47.8. The summed E-state index contributed by atoms with van der Waals surface area (Å²) < 4.78 is 12.9. The van der Waals surface area contributed by atoms with Crippen molar-refractivity contribution >= 4 is 109 Å². The predicted molar refractivity (Wildman–Crippen MR) is 200 cm³/mol. The number of hydrogen-bond donors (Lipinski definition) is 2. The van der Waals surface area contributed by atoms with E-state index in [0.29, 0.717) is 0 Å². The number of H-pyrrole nitrogens is 2. The van der Waals surface area contributed by atoms with Gasteiger partial charge in [-0.25, -0.2) is 0 Å². The summed E-state index contributed by atoms with van der Waals surface area (Å²) in [5.41, 5.74) is 10.3. The maximum Gasteiger partial charge on any atom is 0.137 e. The number of aromatic nitrogens is 2. The molecule has 4 aromatic heterocycles. The molecule has 0 saturated carbocycles. The summed E-state index contributed by atoms with van der Waals surface area (Å²) in [5, 5.41) is 14.2. The molecule has 0 saturated heterocycles. The lowest BCUT2D eigenvalue weighted by Gasteiger charge is -2.04. The minimum absolute atomic E-state index is 0.884. The van der Waals surface area contributed by atoms with E-state index in [1.165, 1.54) is 48.6 Å². The third-order valence-electron chi connectivity index (χ3n) is 10.5. The predicted octanol–water partition coefficient (Wildman–Crippen LogP) is 12.7. The Hall–Kier alpha value is -6.52. The molecule has 48 heavy (non-hydrogen) atoms. The van der Waals surface area contributed by atoms with Gasteiger partial charge in [-0.1, -0.05) is 84.9 Å². The quantitative estimate of drug-likeness (QED) is 0.194. The van der Waals surface area contributed by atoms with E-state index >= 15 is 0 Å². The number of aromatic amines is 2. The molecular formula is C44H24N2O2. The van der Waals surface area contributed by atoms with Crippen molar-refractivity contribution < 1.29 is 8.83 Å². The van der Waals surface area contributed by atoms with Crippen molar-refractivity contribution in [2.75, 3.05) is 0 Å². The van der Waals surface area contributed by atoms with Crippen molar-refractivity contribution in [1.82, 2.24) is 9.97 Å². The molecule has 0 bridgehead atoms. The topological polar surface area (TPSA) is 57.9 Å². The van der Waals surface area contributed by atoms with E-state index in [4.69, 9.17) is 8.83 Å². The minimum atomic E-state index is 0.884. The first-order chi connectivity index (χ1) is 23.7. The number of hydrogen-bond acceptors (Lipinski definition) is 2. The van der Waals surface area contributed by atoms with Crippen molar-refractivity contribution in [1.29, 1.82) is 0 Å². The van der Waals surface area contributed by atoms with E-state index in [-0.39, 0.29) is 0 Å². The molecule has 222 valence electrons. The Kier molecular flexibility index (Phi) is 4.44. The van der Waals surface area contributed by atoms with Crippen molar-refractivity contribution in [3.05, 3.63) is 133 Å². The molecule has 0 atom stereocenters. The van der Waals surface area contributed by atoms with Gasteiger partial charge < -0.3 is 18.8 Å². The van der Waals surface area contributed by atoms with Gasteiger partial charge >= 0.3 is 0 Å². The molecule has 0 unspecified atom stereocenters. The summed E-state index contributed by atoms with van der Waals surface area (Å²) in [6.45, 7) is 0. The molecule has 0 aliphatic rings. The fourth-order valence-corrected chi connectivity index (χ4v) is 8.20. The molecule has 0 aliphatic heterocycles. The third kappa shape index (κ3) is 3.18. The van der Waals surface area contributed by atoms with Crippen molar-refractivity contribution in [3.63, 3.8) is 0 Å². The van der Waals surface area contributed by atoms with Crippen LogP contribution in [0.5, 0.6) is 0 Å². The van der Waals surface area contributed by atoms with Gasteiger partial charge in [0.2, 0.25) is 0 Å². The highest BCUT2D eigenvalue weighted by atomic mass is 16.3. The second kappa shape index (κ2) is 8.64. The van der Waals surface area contributed by atoms with Gasteiger partial charge in [-0.05, 0) is 58.1 Å². The molecule has 0 fully saturated rings. The first-order valence-corrected chi connectivity index (χ1v) is 16.3. The van der Waals surface area contributed by atoms with E-state index in [2.05, 4.69) is 143 Å². The summed E-state index contributed by atoms with van der Waals surface area (Å²) in [5.74, 6) is 0. The smallest absolute Gasteiger partial charge is 0.137 e. The summed E-state index contributed by atoms with van der Waals surface area (Å²) >= 11 is 0. The molecule has 8 aromatic carbocycles. The summed E-state index contributed by atoms with van der Waals surface area (Å²) in [7, 11) is 0. The molecule has 12 aromatic rings. The highest BCUT2D eigenvalue weighted by Gasteiger charge is 2.17. The molecular weight excluding hydrogens is 588 g/mol. The maximum atomic E-state index is 6.55. The highest BCUT2D eigenvalue weighted by Crippen LogP contribution is 2.41. The number of benzene rings is 8. The number of nitrogens with one attached hydrogen (secondary N) is 2. The van der Waals surface area contributed by atoms with Crippen LogP contribution in [0.2, 0.25) is 0 Å². The molecule has 4 heteroatoms. The Bertz CT molecular complexity index is 3350. The van der Waals surface area contributed by atoms with Gasteiger partial charge in [0.25, 0.3) is 0 Å². The van der Waals surface area contributed by atoms with Crippen LogP contribution in [0.1, 0.15) is 0 Å². The van der Waals surface area contributed by atoms with Crippen molar-refractivity contribution in [2.24, 2.45) is 0 Å². The normalized spacial score (nSPS) is 12.6. The molecule has 0 radical (unpaired) electrons. The Morgan fingerprint density at radius 2 is 0.917 bits per heavy atom. The lowest BCUT2D eigenvalue weighted by molar-refractivity contribution is 0.669. The van der Waals surface area contributed by atoms with E-state index in [1.54, 1.807) is 0 Å². The van der Waals surface area contributed by atoms with Crippen LogP contribution >= 0.6 is 0 Å². The number of fused-ring (bicyclic) bond motifs is 15. The second-order valence-corrected chi connectivity index (χ2v) is 13.1. The Labute approximate surface area is 271 Å². The van der Waals surface area contributed by atoms with Crippen LogP contribution in [0.15, 0.2) is 142 Å². The fraction of sp³-hybridized carbons (Fsp3) is 0. The van der Waals surface area contributed by atoms with E-state index in [1.807, 2.05) is 0 Å². The zero-order valence-electron chi connectivity index (χ0n) is 25.5. The van der Waals surface area contributed by atoms with Gasteiger partial charge in [0.1, 0.15) is 22.3 Å². The van der Waals surface area contributed by atoms with Crippen LogP contribution in [0.25, 0.3) is 120 Å². The van der Waals surface area contributed by atoms with Crippen LogP contribution in [-0.4, -0.2) is 9.97 Å². The maximum absolute atomic E-state index is 6.55. The highest BCUT2D eigenvalue weighted by molar-refractivity contribution is 6.22. The lowest BCUT2D eigenvalue weighted by atomic mass is 10.00. The largest absolute Gasteiger partial charge is 0.456 e.